The molecule has 1 N–H and O–H groups in total. The van der Waals surface area contributed by atoms with Gasteiger partial charge < -0.3 is 5.32 Å². The number of hydrogen-bond donors (Lipinski definition) is 1. The van der Waals surface area contributed by atoms with Crippen LogP contribution in [0.4, 0.5) is 26.3 Å². The molecule has 1 aliphatic heterocycles. The molecule has 2 aromatic rings. The van der Waals surface area contributed by atoms with Gasteiger partial charge >= 0.3 is 12.4 Å². The molecule has 0 radical (unpaired) electrons. The van der Waals surface area contributed by atoms with E-state index in [-0.39, 0.29) is 11.3 Å². The zero-order valence-corrected chi connectivity index (χ0v) is 20.6. The van der Waals surface area contributed by atoms with Crippen molar-refractivity contribution in [2.45, 2.75) is 44.4 Å². The highest BCUT2D eigenvalue weighted by Crippen LogP contribution is 2.45. The zero-order chi connectivity index (χ0) is 26.5. The summed E-state index contributed by atoms with van der Waals surface area (Å²) in [4.78, 5) is 5.57. The van der Waals surface area contributed by atoms with Crippen molar-refractivity contribution in [1.29, 1.82) is 0 Å². The van der Waals surface area contributed by atoms with Crippen molar-refractivity contribution in [3.05, 3.63) is 100 Å². The van der Waals surface area contributed by atoms with Gasteiger partial charge in [0.1, 0.15) is 5.37 Å². The third kappa shape index (κ3) is 7.06. The Morgan fingerprint density at radius 1 is 1.00 bits per heavy atom. The van der Waals surface area contributed by atoms with Gasteiger partial charge in [-0.1, -0.05) is 55.6 Å². The zero-order valence-electron chi connectivity index (χ0n) is 19.8. The van der Waals surface area contributed by atoms with E-state index >= 15 is 0 Å². The fourth-order valence-electron chi connectivity index (χ4n) is 3.77. The highest BCUT2D eigenvalue weighted by molar-refractivity contribution is 8.03. The summed E-state index contributed by atoms with van der Waals surface area (Å²) < 4.78 is 77.0. The fourth-order valence-corrected chi connectivity index (χ4v) is 5.14. The molecule has 36 heavy (non-hydrogen) atoms. The largest absolute Gasteiger partial charge is 0.416 e. The van der Waals surface area contributed by atoms with E-state index in [1.54, 1.807) is 24.1 Å². The number of halogens is 6. The molecule has 0 aromatic heterocycles. The lowest BCUT2D eigenvalue weighted by Crippen LogP contribution is -2.12. The number of rotatable bonds is 8. The third-order valence-corrected chi connectivity index (χ3v) is 7.28. The van der Waals surface area contributed by atoms with Crippen LogP contribution in [-0.2, 0) is 12.4 Å². The molecule has 0 amide bonds. The minimum absolute atomic E-state index is 0.153. The van der Waals surface area contributed by atoms with Crippen LogP contribution in [0.5, 0.6) is 0 Å². The van der Waals surface area contributed by atoms with Crippen LogP contribution in [0.15, 0.2) is 82.9 Å². The van der Waals surface area contributed by atoms with Crippen LogP contribution in [-0.4, -0.2) is 6.21 Å². The van der Waals surface area contributed by atoms with E-state index in [1.165, 1.54) is 30.3 Å². The van der Waals surface area contributed by atoms with Crippen molar-refractivity contribution in [3.63, 3.8) is 0 Å². The molecule has 9 heteroatoms. The summed E-state index contributed by atoms with van der Waals surface area (Å²) in [5, 5.41) is 3.20. The lowest BCUT2D eigenvalue weighted by Gasteiger charge is -2.15. The predicted molar refractivity (Wildman–Crippen MR) is 134 cm³/mol. The van der Waals surface area contributed by atoms with Gasteiger partial charge in [0.15, 0.2) is 0 Å². The van der Waals surface area contributed by atoms with Crippen LogP contribution in [0, 0.1) is 5.92 Å². The Balaban J connectivity index is 1.58. The summed E-state index contributed by atoms with van der Waals surface area (Å²) in [5.74, 6) is 0.186. The number of hydrogen-bond acceptors (Lipinski definition) is 3. The Bertz CT molecular complexity index is 1140. The maximum Gasteiger partial charge on any atom is 0.416 e. The van der Waals surface area contributed by atoms with E-state index in [2.05, 4.69) is 23.8 Å². The van der Waals surface area contributed by atoms with E-state index in [4.69, 9.17) is 0 Å². The molecule has 2 unspecified atom stereocenters. The molecule has 1 aliphatic rings. The highest BCUT2D eigenvalue weighted by atomic mass is 32.2. The van der Waals surface area contributed by atoms with Crippen molar-refractivity contribution in [3.8, 4) is 0 Å². The topological polar surface area (TPSA) is 24.4 Å². The lowest BCUT2D eigenvalue weighted by molar-refractivity contribution is -0.138. The Hall–Kier alpha value is -2.94. The van der Waals surface area contributed by atoms with Gasteiger partial charge in [-0.2, -0.15) is 26.3 Å². The normalized spacial score (nSPS) is 18.0. The van der Waals surface area contributed by atoms with Gasteiger partial charge in [-0.05, 0) is 61.6 Å². The molecule has 0 aliphatic carbocycles. The smallest absolute Gasteiger partial charge is 0.372 e. The Labute approximate surface area is 210 Å². The van der Waals surface area contributed by atoms with Gasteiger partial charge in [-0.25, -0.2) is 0 Å². The summed E-state index contributed by atoms with van der Waals surface area (Å²) >= 11 is 1.59. The average Bonchev–Trinajstić information content (AvgIpc) is 3.21. The van der Waals surface area contributed by atoms with Crippen LogP contribution in [0.25, 0.3) is 5.70 Å². The van der Waals surface area contributed by atoms with E-state index in [1.807, 2.05) is 6.92 Å². The summed E-state index contributed by atoms with van der Waals surface area (Å²) in [6, 6.07) is 9.99. The minimum Gasteiger partial charge on any atom is -0.372 e. The van der Waals surface area contributed by atoms with Gasteiger partial charge in [-0.3, -0.25) is 4.99 Å². The first-order valence-corrected chi connectivity index (χ1v) is 12.1. The van der Waals surface area contributed by atoms with Gasteiger partial charge in [0, 0.05) is 22.4 Å². The molecule has 2 aromatic carbocycles. The molecule has 0 saturated heterocycles. The second kappa shape index (κ2) is 11.4. The fraction of sp³-hybridized carbons (Fsp3) is 0.296. The van der Waals surface area contributed by atoms with Crippen molar-refractivity contribution in [1.82, 2.24) is 5.32 Å². The average molecular weight is 525 g/mol. The number of nitrogens with one attached hydrogen (secondary N) is 1. The predicted octanol–water partition coefficient (Wildman–Crippen LogP) is 9.00. The minimum atomic E-state index is -4.40. The quantitative estimate of drug-likeness (QED) is 0.212. The van der Waals surface area contributed by atoms with E-state index in [0.717, 1.165) is 46.9 Å². The second-order valence-electron chi connectivity index (χ2n) is 8.40. The molecule has 3 rings (SSSR count). The summed E-state index contributed by atoms with van der Waals surface area (Å²) in [6.45, 7) is 7.67. The highest BCUT2D eigenvalue weighted by Gasteiger charge is 2.32. The molecule has 0 fully saturated rings. The molecular formula is C27H26F6N2S. The number of allylic oxidation sites excluding steroid dienone is 4. The van der Waals surface area contributed by atoms with E-state index in [9.17, 15) is 26.3 Å². The third-order valence-electron chi connectivity index (χ3n) is 5.69. The molecular weight excluding hydrogens is 498 g/mol. The van der Waals surface area contributed by atoms with E-state index in [0.29, 0.717) is 17.7 Å². The first-order valence-electron chi connectivity index (χ1n) is 11.2. The van der Waals surface area contributed by atoms with Crippen molar-refractivity contribution >= 4 is 23.7 Å². The van der Waals surface area contributed by atoms with Crippen molar-refractivity contribution in [2.24, 2.45) is 10.9 Å². The van der Waals surface area contributed by atoms with Crippen molar-refractivity contribution < 1.29 is 26.3 Å². The Morgan fingerprint density at radius 3 is 2.08 bits per heavy atom. The van der Waals surface area contributed by atoms with Crippen molar-refractivity contribution in [2.75, 3.05) is 0 Å². The summed E-state index contributed by atoms with van der Waals surface area (Å²) in [5.41, 5.74) is 1.44. The van der Waals surface area contributed by atoms with Crippen LogP contribution in [0.3, 0.4) is 0 Å². The standard InChI is InChI=1S/C27H26F6N2S/c1-4-6-23(19-8-12-21(13-9-19)26(28,29)30)34-16-5-7-17(2)24-18(3)35-25(36-24)20-10-14-22(15-11-20)27(31,32)33/h4,6,8-17,25,35H,1,5,7H2,2-3H3/b23-6-,34-16?. The van der Waals surface area contributed by atoms with Gasteiger partial charge in [0.25, 0.3) is 0 Å². The molecule has 0 bridgehead atoms. The maximum atomic E-state index is 12.8. The maximum absolute atomic E-state index is 12.8. The van der Waals surface area contributed by atoms with E-state index < -0.39 is 23.5 Å². The number of nitrogens with zero attached hydrogens (tertiary/aromatic N) is 1. The summed E-state index contributed by atoms with van der Waals surface area (Å²) in [7, 11) is 0. The number of alkyl halides is 6. The number of thioether (sulfide) groups is 1. The lowest BCUT2D eigenvalue weighted by atomic mass is 10.0. The van der Waals surface area contributed by atoms with Crippen LogP contribution < -0.4 is 5.32 Å². The number of aliphatic imine (C=N–C) groups is 1. The first-order chi connectivity index (χ1) is 16.9. The van der Waals surface area contributed by atoms with Gasteiger partial charge in [-0.15, -0.1) is 0 Å². The van der Waals surface area contributed by atoms with Crippen LogP contribution >= 0.6 is 11.8 Å². The molecule has 1 heterocycles. The molecule has 0 spiro atoms. The Morgan fingerprint density at radius 2 is 1.56 bits per heavy atom. The van der Waals surface area contributed by atoms with Crippen LogP contribution in [0.2, 0.25) is 0 Å². The number of benzene rings is 2. The first kappa shape index (κ1) is 27.6. The second-order valence-corrected chi connectivity index (χ2v) is 9.55. The summed E-state index contributed by atoms with van der Waals surface area (Å²) in [6.07, 6.45) is -2.44. The monoisotopic (exact) mass is 524 g/mol. The van der Waals surface area contributed by atoms with Crippen LogP contribution in [0.1, 0.15) is 54.3 Å². The SMILES string of the molecule is C=C/C=C(\N=CCCC(C)C1=C(C)NC(c2ccc(C(F)(F)F)cc2)S1)c1ccc(C(F)(F)F)cc1. The molecule has 2 atom stereocenters. The molecule has 0 saturated carbocycles. The van der Waals surface area contributed by atoms with Gasteiger partial charge in [0.05, 0.1) is 16.8 Å². The molecule has 2 nitrogen and oxygen atoms in total. The Kier molecular flexibility index (Phi) is 8.76. The van der Waals surface area contributed by atoms with Gasteiger partial charge in [0.2, 0.25) is 0 Å². The molecule has 192 valence electrons.